The quantitative estimate of drug-likeness (QED) is 0.612. The second kappa shape index (κ2) is 5.90. The van der Waals surface area contributed by atoms with Crippen LogP contribution in [0, 0.1) is 0 Å². The summed E-state index contributed by atoms with van der Waals surface area (Å²) in [6, 6.07) is 6.44. The van der Waals surface area contributed by atoms with Gasteiger partial charge in [-0.2, -0.15) is 5.06 Å². The standard InChI is InChI=1S/C16H18N2O4S/c1-4-9-21-18-15(20)17-10-16(18,2)12-8-6-5-7-11(12)13(17)14(19)22-23-3/h4-8,13H,1,9-10H2,2-3H3. The maximum Gasteiger partial charge on any atom is 0.345 e. The van der Waals surface area contributed by atoms with Gasteiger partial charge in [-0.05, 0) is 18.1 Å². The Morgan fingerprint density at radius 3 is 2.96 bits per heavy atom. The maximum atomic E-state index is 12.8. The largest absolute Gasteiger partial charge is 0.390 e. The molecule has 2 amide bonds. The topological polar surface area (TPSA) is 59.1 Å². The average molecular weight is 334 g/mol. The van der Waals surface area contributed by atoms with Crippen LogP contribution in [0.15, 0.2) is 36.9 Å². The Kier molecular flexibility index (Phi) is 4.08. The van der Waals surface area contributed by atoms with Crippen molar-refractivity contribution in [2.75, 3.05) is 19.4 Å². The van der Waals surface area contributed by atoms with Crippen LogP contribution in [0.2, 0.25) is 0 Å². The molecule has 2 heterocycles. The highest BCUT2D eigenvalue weighted by atomic mass is 32.2. The molecule has 1 saturated heterocycles. The summed E-state index contributed by atoms with van der Waals surface area (Å²) in [7, 11) is 0. The predicted octanol–water partition coefficient (Wildman–Crippen LogP) is 2.63. The van der Waals surface area contributed by atoms with Crippen LogP contribution >= 0.6 is 12.0 Å². The number of fused-ring (bicyclic) bond motifs is 4. The molecule has 2 aliphatic heterocycles. The number of hydrogen-bond donors (Lipinski definition) is 0. The molecular weight excluding hydrogens is 316 g/mol. The van der Waals surface area contributed by atoms with Crippen LogP contribution < -0.4 is 0 Å². The van der Waals surface area contributed by atoms with Crippen LogP contribution in [0.25, 0.3) is 0 Å². The molecule has 1 aromatic rings. The summed E-state index contributed by atoms with van der Waals surface area (Å²) < 4.78 is 5.09. The normalized spacial score (nSPS) is 25.3. The van der Waals surface area contributed by atoms with Gasteiger partial charge in [0, 0.05) is 6.26 Å². The van der Waals surface area contributed by atoms with Gasteiger partial charge in [0.05, 0.1) is 25.2 Å². The lowest BCUT2D eigenvalue weighted by molar-refractivity contribution is -0.152. The molecule has 2 bridgehead atoms. The van der Waals surface area contributed by atoms with E-state index < -0.39 is 17.6 Å². The van der Waals surface area contributed by atoms with Crippen molar-refractivity contribution in [1.82, 2.24) is 9.96 Å². The van der Waals surface area contributed by atoms with Gasteiger partial charge >= 0.3 is 12.0 Å². The fourth-order valence-corrected chi connectivity index (χ4v) is 3.54. The summed E-state index contributed by atoms with van der Waals surface area (Å²) in [6.45, 7) is 6.14. The summed E-state index contributed by atoms with van der Waals surface area (Å²) in [6.07, 6.45) is 3.25. The van der Waals surface area contributed by atoms with Gasteiger partial charge in [0.15, 0.2) is 6.04 Å². The van der Waals surface area contributed by atoms with Gasteiger partial charge in [-0.1, -0.05) is 30.3 Å². The number of carbonyl (C=O) groups is 2. The lowest BCUT2D eigenvalue weighted by Gasteiger charge is -2.37. The summed E-state index contributed by atoms with van der Waals surface area (Å²) in [4.78, 5) is 32.3. The van der Waals surface area contributed by atoms with E-state index in [9.17, 15) is 9.59 Å². The van der Waals surface area contributed by atoms with Gasteiger partial charge in [-0.3, -0.25) is 4.84 Å². The number of amides is 2. The molecule has 1 fully saturated rings. The molecule has 0 aliphatic carbocycles. The molecule has 2 aliphatic rings. The molecule has 0 aromatic heterocycles. The van der Waals surface area contributed by atoms with Crippen molar-refractivity contribution >= 4 is 24.0 Å². The third kappa shape index (κ3) is 2.31. The fraction of sp³-hybridized carbons (Fsp3) is 0.375. The summed E-state index contributed by atoms with van der Waals surface area (Å²) in [5.41, 5.74) is 1.03. The van der Waals surface area contributed by atoms with Gasteiger partial charge in [-0.25, -0.2) is 9.59 Å². The minimum absolute atomic E-state index is 0.220. The molecular formula is C16H18N2O4S. The van der Waals surface area contributed by atoms with Crippen LogP contribution in [-0.2, 0) is 19.4 Å². The lowest BCUT2D eigenvalue weighted by atomic mass is 9.82. The number of nitrogens with zero attached hydrogens (tertiary/aromatic N) is 2. The number of hydroxylamine groups is 2. The molecule has 1 aromatic carbocycles. The van der Waals surface area contributed by atoms with Crippen LogP contribution in [0.1, 0.15) is 24.1 Å². The van der Waals surface area contributed by atoms with E-state index in [2.05, 4.69) is 6.58 Å². The van der Waals surface area contributed by atoms with Crippen LogP contribution in [0.3, 0.4) is 0 Å². The van der Waals surface area contributed by atoms with E-state index in [1.807, 2.05) is 31.2 Å². The molecule has 2 atom stereocenters. The van der Waals surface area contributed by atoms with E-state index in [1.165, 1.54) is 9.96 Å². The first-order valence-corrected chi connectivity index (χ1v) is 8.38. The molecule has 7 heteroatoms. The minimum atomic E-state index is -0.753. The van der Waals surface area contributed by atoms with E-state index >= 15 is 0 Å². The van der Waals surface area contributed by atoms with Crippen LogP contribution in [-0.4, -0.2) is 41.4 Å². The zero-order valence-corrected chi connectivity index (χ0v) is 13.8. The zero-order valence-electron chi connectivity index (χ0n) is 13.0. The minimum Gasteiger partial charge on any atom is -0.390 e. The van der Waals surface area contributed by atoms with Crippen molar-refractivity contribution in [2.24, 2.45) is 0 Å². The molecule has 0 saturated carbocycles. The van der Waals surface area contributed by atoms with E-state index in [-0.39, 0.29) is 12.6 Å². The number of rotatable bonds is 5. The van der Waals surface area contributed by atoms with E-state index in [1.54, 1.807) is 12.3 Å². The van der Waals surface area contributed by atoms with Crippen molar-refractivity contribution in [3.05, 3.63) is 48.0 Å². The molecule has 6 nitrogen and oxygen atoms in total. The Balaban J connectivity index is 2.09. The first kappa shape index (κ1) is 15.9. The van der Waals surface area contributed by atoms with Gasteiger partial charge in [0.1, 0.15) is 5.54 Å². The number of benzene rings is 1. The highest BCUT2D eigenvalue weighted by Crippen LogP contribution is 2.48. The van der Waals surface area contributed by atoms with Crippen LogP contribution in [0.4, 0.5) is 4.79 Å². The fourth-order valence-electron chi connectivity index (χ4n) is 3.29. The Bertz CT molecular complexity index is 665. The predicted molar refractivity (Wildman–Crippen MR) is 86.2 cm³/mol. The summed E-state index contributed by atoms with van der Waals surface area (Å²) in [5, 5.41) is 1.35. The highest BCUT2D eigenvalue weighted by molar-refractivity contribution is 7.94. The molecule has 3 rings (SSSR count). The second-order valence-corrected chi connectivity index (χ2v) is 6.12. The van der Waals surface area contributed by atoms with E-state index in [0.717, 1.165) is 23.2 Å². The van der Waals surface area contributed by atoms with E-state index in [0.29, 0.717) is 6.54 Å². The molecule has 122 valence electrons. The number of carbonyl (C=O) groups excluding carboxylic acids is 2. The highest BCUT2D eigenvalue weighted by Gasteiger charge is 2.58. The second-order valence-electron chi connectivity index (χ2n) is 5.62. The first-order valence-electron chi connectivity index (χ1n) is 7.23. The average Bonchev–Trinajstić information content (AvgIpc) is 2.75. The third-order valence-electron chi connectivity index (χ3n) is 4.20. The van der Waals surface area contributed by atoms with Crippen molar-refractivity contribution in [1.29, 1.82) is 0 Å². The van der Waals surface area contributed by atoms with Gasteiger partial charge in [0.25, 0.3) is 0 Å². The molecule has 0 spiro atoms. The number of urea groups is 1. The van der Waals surface area contributed by atoms with Crippen molar-refractivity contribution in [3.8, 4) is 0 Å². The third-order valence-corrected chi connectivity index (χ3v) is 4.53. The molecule has 0 radical (unpaired) electrons. The van der Waals surface area contributed by atoms with Crippen molar-refractivity contribution in [3.63, 3.8) is 0 Å². The summed E-state index contributed by atoms with van der Waals surface area (Å²) in [5.74, 6) is -0.453. The SMILES string of the molecule is C=CCON1C(=O)N2CC1(C)c1ccccc1C2C(=O)OSC. The van der Waals surface area contributed by atoms with Crippen molar-refractivity contribution in [2.45, 2.75) is 18.5 Å². The van der Waals surface area contributed by atoms with Crippen LogP contribution in [0.5, 0.6) is 0 Å². The van der Waals surface area contributed by atoms with Gasteiger partial charge < -0.3 is 9.08 Å². The van der Waals surface area contributed by atoms with Gasteiger partial charge in [-0.15, -0.1) is 6.58 Å². The Morgan fingerprint density at radius 1 is 1.52 bits per heavy atom. The number of hydrogen-bond acceptors (Lipinski definition) is 5. The Labute approximate surface area is 139 Å². The smallest absolute Gasteiger partial charge is 0.345 e. The van der Waals surface area contributed by atoms with Crippen molar-refractivity contribution < 1.29 is 18.6 Å². The molecule has 23 heavy (non-hydrogen) atoms. The molecule has 0 N–H and O–H groups in total. The monoisotopic (exact) mass is 334 g/mol. The Morgan fingerprint density at radius 2 is 2.26 bits per heavy atom. The first-order chi connectivity index (χ1) is 11.0. The molecule has 2 unspecified atom stereocenters. The van der Waals surface area contributed by atoms with E-state index in [4.69, 9.17) is 9.02 Å². The lowest BCUT2D eigenvalue weighted by Crippen LogP contribution is -2.44. The summed E-state index contributed by atoms with van der Waals surface area (Å²) >= 11 is 0.974. The van der Waals surface area contributed by atoms with Gasteiger partial charge in [0.2, 0.25) is 0 Å². The zero-order chi connectivity index (χ0) is 16.6. The maximum absolute atomic E-state index is 12.8. The Hall–Kier alpha value is -1.99.